The summed E-state index contributed by atoms with van der Waals surface area (Å²) in [6, 6.07) is 6.94. The lowest BCUT2D eigenvalue weighted by atomic mass is 10.1. The van der Waals surface area contributed by atoms with Crippen LogP contribution in [0.1, 0.15) is 33.1 Å². The van der Waals surface area contributed by atoms with Crippen LogP contribution in [0.4, 0.5) is 27.5 Å². The van der Waals surface area contributed by atoms with Crippen molar-refractivity contribution >= 4 is 23.1 Å². The van der Waals surface area contributed by atoms with Crippen LogP contribution in [0.15, 0.2) is 30.5 Å². The Morgan fingerprint density at radius 3 is 2.88 bits per heavy atom. The van der Waals surface area contributed by atoms with Gasteiger partial charge in [0.2, 0.25) is 5.95 Å². The predicted molar refractivity (Wildman–Crippen MR) is 100 cm³/mol. The topological polar surface area (TPSA) is 65.1 Å². The summed E-state index contributed by atoms with van der Waals surface area (Å²) in [5, 5.41) is 9.59. The number of halogens is 1. The van der Waals surface area contributed by atoms with Gasteiger partial charge in [-0.15, -0.1) is 0 Å². The number of benzene rings is 1. The standard InChI is InChI=1S/C18H25FN6/c1-4-5-8-12(2)25-16-15(11-21-17(20-3)24-16)23-18(25)22-14-10-7-6-9-13(14)19/h6-7,9-12,18,22-23H,4-5,8H2,1-3H3,(H,20,21,24). The highest BCUT2D eigenvalue weighted by molar-refractivity contribution is 5.74. The summed E-state index contributed by atoms with van der Waals surface area (Å²) in [4.78, 5) is 11.0. The zero-order valence-electron chi connectivity index (χ0n) is 14.9. The van der Waals surface area contributed by atoms with Crippen LogP contribution in [0, 0.1) is 5.82 Å². The van der Waals surface area contributed by atoms with Crippen molar-refractivity contribution < 1.29 is 4.39 Å². The van der Waals surface area contributed by atoms with Crippen molar-refractivity contribution in [2.24, 2.45) is 0 Å². The maximum absolute atomic E-state index is 14.1. The molecule has 2 heterocycles. The maximum atomic E-state index is 14.1. The molecule has 0 saturated carbocycles. The number of fused-ring (bicyclic) bond motifs is 1. The lowest BCUT2D eigenvalue weighted by Gasteiger charge is -2.33. The van der Waals surface area contributed by atoms with Gasteiger partial charge in [-0.3, -0.25) is 0 Å². The Morgan fingerprint density at radius 2 is 2.16 bits per heavy atom. The van der Waals surface area contributed by atoms with Gasteiger partial charge in [0.1, 0.15) is 5.82 Å². The first-order chi connectivity index (χ1) is 12.1. The van der Waals surface area contributed by atoms with E-state index in [9.17, 15) is 4.39 Å². The molecule has 0 saturated heterocycles. The molecule has 0 bridgehead atoms. The first kappa shape index (κ1) is 17.3. The molecule has 0 fully saturated rings. The molecule has 0 aliphatic carbocycles. The average Bonchev–Trinajstić information content (AvgIpc) is 2.98. The van der Waals surface area contributed by atoms with E-state index in [4.69, 9.17) is 0 Å². The van der Waals surface area contributed by atoms with Crippen molar-refractivity contribution in [3.63, 3.8) is 0 Å². The number of rotatable bonds is 7. The largest absolute Gasteiger partial charge is 0.357 e. The fraction of sp³-hybridized carbons (Fsp3) is 0.444. The molecule has 1 aliphatic rings. The summed E-state index contributed by atoms with van der Waals surface area (Å²) in [5.41, 5.74) is 1.30. The van der Waals surface area contributed by atoms with Gasteiger partial charge in [-0.25, -0.2) is 9.37 Å². The molecule has 0 amide bonds. The highest BCUT2D eigenvalue weighted by atomic mass is 19.1. The van der Waals surface area contributed by atoms with E-state index in [1.807, 2.05) is 6.07 Å². The molecule has 2 atom stereocenters. The minimum absolute atomic E-state index is 0.248. The second kappa shape index (κ2) is 7.55. The Morgan fingerprint density at radius 1 is 1.36 bits per heavy atom. The van der Waals surface area contributed by atoms with Crippen molar-refractivity contribution in [3.8, 4) is 0 Å². The van der Waals surface area contributed by atoms with Crippen molar-refractivity contribution in [3.05, 3.63) is 36.3 Å². The number of hydrogen-bond acceptors (Lipinski definition) is 6. The zero-order valence-corrected chi connectivity index (χ0v) is 14.9. The third-order valence-electron chi connectivity index (χ3n) is 4.42. The predicted octanol–water partition coefficient (Wildman–Crippen LogP) is 3.86. The molecule has 0 spiro atoms. The number of hydrogen-bond donors (Lipinski definition) is 3. The van der Waals surface area contributed by atoms with E-state index >= 15 is 0 Å². The first-order valence-electron chi connectivity index (χ1n) is 8.74. The quantitative estimate of drug-likeness (QED) is 0.709. The Bertz CT molecular complexity index is 722. The zero-order chi connectivity index (χ0) is 17.8. The molecule has 7 heteroatoms. The Labute approximate surface area is 147 Å². The summed E-state index contributed by atoms with van der Waals surface area (Å²) >= 11 is 0. The van der Waals surface area contributed by atoms with Gasteiger partial charge in [0.05, 0.1) is 17.6 Å². The average molecular weight is 344 g/mol. The van der Waals surface area contributed by atoms with Gasteiger partial charge in [-0.2, -0.15) is 4.98 Å². The third kappa shape index (κ3) is 3.60. The van der Waals surface area contributed by atoms with Gasteiger partial charge < -0.3 is 20.9 Å². The second-order valence-corrected chi connectivity index (χ2v) is 6.25. The molecule has 3 N–H and O–H groups in total. The molecule has 3 rings (SSSR count). The third-order valence-corrected chi connectivity index (χ3v) is 4.42. The van der Waals surface area contributed by atoms with Gasteiger partial charge >= 0.3 is 0 Å². The highest BCUT2D eigenvalue weighted by Crippen LogP contribution is 2.36. The molecule has 2 aromatic rings. The van der Waals surface area contributed by atoms with Crippen LogP contribution < -0.4 is 20.9 Å². The minimum atomic E-state index is -0.278. The molecule has 2 unspecified atom stereocenters. The van der Waals surface area contributed by atoms with E-state index in [1.165, 1.54) is 6.07 Å². The number of unbranched alkanes of at least 4 members (excludes halogenated alkanes) is 1. The summed E-state index contributed by atoms with van der Waals surface area (Å²) < 4.78 is 14.1. The summed E-state index contributed by atoms with van der Waals surface area (Å²) in [7, 11) is 1.80. The van der Waals surface area contributed by atoms with Crippen molar-refractivity contribution in [2.45, 2.75) is 45.4 Å². The van der Waals surface area contributed by atoms with Gasteiger partial charge in [-0.05, 0) is 25.5 Å². The summed E-state index contributed by atoms with van der Waals surface area (Å²) in [6.45, 7) is 4.35. The molecular weight excluding hydrogens is 319 g/mol. The Balaban J connectivity index is 1.90. The molecule has 1 aromatic heterocycles. The number of para-hydroxylation sites is 1. The highest BCUT2D eigenvalue weighted by Gasteiger charge is 2.34. The number of nitrogens with one attached hydrogen (secondary N) is 3. The number of nitrogens with zero attached hydrogens (tertiary/aromatic N) is 3. The van der Waals surface area contributed by atoms with Gasteiger partial charge in [0.25, 0.3) is 0 Å². The van der Waals surface area contributed by atoms with E-state index in [-0.39, 0.29) is 18.1 Å². The summed E-state index contributed by atoms with van der Waals surface area (Å²) in [5.74, 6) is 1.12. The van der Waals surface area contributed by atoms with E-state index in [2.05, 4.69) is 44.7 Å². The van der Waals surface area contributed by atoms with E-state index < -0.39 is 0 Å². The molecule has 0 radical (unpaired) electrons. The van der Waals surface area contributed by atoms with Crippen molar-refractivity contribution in [1.82, 2.24) is 9.97 Å². The molecule has 1 aliphatic heterocycles. The SMILES string of the molecule is CCCCC(C)N1c2nc(NC)ncc2NC1Nc1ccccc1F. The Hall–Kier alpha value is -2.57. The number of anilines is 4. The van der Waals surface area contributed by atoms with E-state index in [0.717, 1.165) is 30.8 Å². The van der Waals surface area contributed by atoms with Gasteiger partial charge in [0.15, 0.2) is 12.1 Å². The maximum Gasteiger partial charge on any atom is 0.224 e. The molecule has 134 valence electrons. The van der Waals surface area contributed by atoms with Crippen LogP contribution in [-0.2, 0) is 0 Å². The molecular formula is C18H25FN6. The van der Waals surface area contributed by atoms with Crippen LogP contribution in [0.25, 0.3) is 0 Å². The van der Waals surface area contributed by atoms with Gasteiger partial charge in [-0.1, -0.05) is 31.9 Å². The van der Waals surface area contributed by atoms with E-state index in [1.54, 1.807) is 25.4 Å². The number of aromatic nitrogens is 2. The first-order valence-corrected chi connectivity index (χ1v) is 8.74. The molecule has 1 aromatic carbocycles. The lowest BCUT2D eigenvalue weighted by Crippen LogP contribution is -2.47. The Kier molecular flexibility index (Phi) is 5.21. The minimum Gasteiger partial charge on any atom is -0.357 e. The second-order valence-electron chi connectivity index (χ2n) is 6.25. The van der Waals surface area contributed by atoms with Crippen LogP contribution in [-0.4, -0.2) is 29.3 Å². The van der Waals surface area contributed by atoms with Gasteiger partial charge in [0, 0.05) is 13.1 Å². The monoisotopic (exact) mass is 344 g/mol. The smallest absolute Gasteiger partial charge is 0.224 e. The van der Waals surface area contributed by atoms with Crippen LogP contribution >= 0.6 is 0 Å². The molecule has 6 nitrogen and oxygen atoms in total. The van der Waals surface area contributed by atoms with Crippen molar-refractivity contribution in [2.75, 3.05) is 27.9 Å². The van der Waals surface area contributed by atoms with E-state index in [0.29, 0.717) is 11.6 Å². The lowest BCUT2D eigenvalue weighted by molar-refractivity contribution is 0.537. The molecule has 25 heavy (non-hydrogen) atoms. The summed E-state index contributed by atoms with van der Waals surface area (Å²) in [6.07, 6.45) is 4.78. The van der Waals surface area contributed by atoms with Crippen LogP contribution in [0.3, 0.4) is 0 Å². The van der Waals surface area contributed by atoms with Crippen LogP contribution in [0.2, 0.25) is 0 Å². The fourth-order valence-electron chi connectivity index (χ4n) is 3.06. The van der Waals surface area contributed by atoms with Crippen molar-refractivity contribution in [1.29, 1.82) is 0 Å². The fourth-order valence-corrected chi connectivity index (χ4v) is 3.06. The van der Waals surface area contributed by atoms with Crippen LogP contribution in [0.5, 0.6) is 0 Å². The normalized spacial score (nSPS) is 17.0.